The molecule has 4 rings (SSSR count). The van der Waals surface area contributed by atoms with Crippen molar-refractivity contribution in [2.24, 2.45) is 0 Å². The average Bonchev–Trinajstić information content (AvgIpc) is 3.10. The molecule has 5 heteroatoms. The summed E-state index contributed by atoms with van der Waals surface area (Å²) >= 11 is 0. The number of rotatable bonds is 4. The Morgan fingerprint density at radius 1 is 1.00 bits per heavy atom. The first-order valence-electron chi connectivity index (χ1n) is 8.13. The Kier molecular flexibility index (Phi) is 3.90. The molecule has 0 fully saturated rings. The molecule has 124 valence electrons. The van der Waals surface area contributed by atoms with Crippen LogP contribution >= 0.6 is 0 Å². The van der Waals surface area contributed by atoms with E-state index in [0.717, 1.165) is 33.6 Å². The summed E-state index contributed by atoms with van der Waals surface area (Å²) in [6.45, 7) is 2.72. The van der Waals surface area contributed by atoms with Crippen molar-refractivity contribution in [2.75, 3.05) is 11.9 Å². The number of aromatic nitrogens is 3. The van der Waals surface area contributed by atoms with Gasteiger partial charge in [-0.2, -0.15) is 0 Å². The Morgan fingerprint density at radius 2 is 1.84 bits per heavy atom. The highest BCUT2D eigenvalue weighted by Gasteiger charge is 2.12. The standard InChI is InChI=1S/C20H18N4O/c1-14-3-4-18-17(11-14)20(7-10-22-18)24(2)13-16-12-19(23-25-16)15-5-8-21-9-6-15/h3-12H,13H2,1-2H3. The van der Waals surface area contributed by atoms with Crippen molar-refractivity contribution in [2.45, 2.75) is 13.5 Å². The summed E-state index contributed by atoms with van der Waals surface area (Å²) in [5.41, 5.74) is 5.15. The predicted molar refractivity (Wildman–Crippen MR) is 98.3 cm³/mol. The molecule has 3 heterocycles. The van der Waals surface area contributed by atoms with Gasteiger partial charge >= 0.3 is 0 Å². The number of anilines is 1. The van der Waals surface area contributed by atoms with Crippen LogP contribution in [-0.2, 0) is 6.54 Å². The monoisotopic (exact) mass is 330 g/mol. The number of fused-ring (bicyclic) bond motifs is 1. The van der Waals surface area contributed by atoms with Crippen LogP contribution in [0.3, 0.4) is 0 Å². The summed E-state index contributed by atoms with van der Waals surface area (Å²) in [5.74, 6) is 0.812. The summed E-state index contributed by atoms with van der Waals surface area (Å²) in [4.78, 5) is 10.6. The number of aryl methyl sites for hydroxylation is 1. The molecule has 0 unspecified atom stereocenters. The van der Waals surface area contributed by atoms with Gasteiger partial charge < -0.3 is 9.42 Å². The first kappa shape index (κ1) is 15.3. The lowest BCUT2D eigenvalue weighted by molar-refractivity contribution is 0.385. The van der Waals surface area contributed by atoms with E-state index in [0.29, 0.717) is 6.54 Å². The Hall–Kier alpha value is -3.21. The van der Waals surface area contributed by atoms with Crippen LogP contribution in [0.2, 0.25) is 0 Å². The van der Waals surface area contributed by atoms with Gasteiger partial charge in [-0.25, -0.2) is 0 Å². The van der Waals surface area contributed by atoms with Crippen molar-refractivity contribution in [3.63, 3.8) is 0 Å². The molecule has 0 aliphatic heterocycles. The molecule has 0 spiro atoms. The number of hydrogen-bond acceptors (Lipinski definition) is 5. The van der Waals surface area contributed by atoms with Gasteiger partial charge in [0.05, 0.1) is 12.1 Å². The lowest BCUT2D eigenvalue weighted by Crippen LogP contribution is -2.16. The van der Waals surface area contributed by atoms with E-state index in [1.54, 1.807) is 12.4 Å². The molecule has 3 aromatic heterocycles. The zero-order chi connectivity index (χ0) is 17.2. The SMILES string of the molecule is Cc1ccc2nccc(N(C)Cc3cc(-c4ccncc4)no3)c2c1. The van der Waals surface area contributed by atoms with Gasteiger partial charge in [-0.1, -0.05) is 16.8 Å². The molecular weight excluding hydrogens is 312 g/mol. The maximum absolute atomic E-state index is 5.52. The van der Waals surface area contributed by atoms with Gasteiger partial charge in [0.2, 0.25) is 0 Å². The fraction of sp³-hybridized carbons (Fsp3) is 0.150. The highest BCUT2D eigenvalue weighted by Crippen LogP contribution is 2.27. The van der Waals surface area contributed by atoms with E-state index in [4.69, 9.17) is 4.52 Å². The highest BCUT2D eigenvalue weighted by molar-refractivity contribution is 5.91. The predicted octanol–water partition coefficient (Wildman–Crippen LogP) is 4.23. The van der Waals surface area contributed by atoms with Gasteiger partial charge in [0.25, 0.3) is 0 Å². The van der Waals surface area contributed by atoms with E-state index in [1.807, 2.05) is 37.5 Å². The molecule has 0 bridgehead atoms. The summed E-state index contributed by atoms with van der Waals surface area (Å²) in [6.07, 6.45) is 5.34. The number of hydrogen-bond donors (Lipinski definition) is 0. The van der Waals surface area contributed by atoms with E-state index in [1.165, 1.54) is 5.56 Å². The molecule has 0 radical (unpaired) electrons. The zero-order valence-electron chi connectivity index (χ0n) is 14.2. The van der Waals surface area contributed by atoms with Gasteiger partial charge in [-0.3, -0.25) is 9.97 Å². The maximum atomic E-state index is 5.52. The van der Waals surface area contributed by atoms with E-state index in [-0.39, 0.29) is 0 Å². The van der Waals surface area contributed by atoms with Gasteiger partial charge in [-0.15, -0.1) is 0 Å². The summed E-state index contributed by atoms with van der Waals surface area (Å²) in [5, 5.41) is 5.31. The van der Waals surface area contributed by atoms with Gasteiger partial charge in [0, 0.05) is 48.3 Å². The van der Waals surface area contributed by atoms with Crippen molar-refractivity contribution in [1.29, 1.82) is 0 Å². The smallest absolute Gasteiger partial charge is 0.156 e. The van der Waals surface area contributed by atoms with Gasteiger partial charge in [0.15, 0.2) is 5.76 Å². The molecule has 0 saturated heterocycles. The third kappa shape index (κ3) is 3.08. The molecule has 25 heavy (non-hydrogen) atoms. The summed E-state index contributed by atoms with van der Waals surface area (Å²) in [6, 6.07) is 14.1. The van der Waals surface area contributed by atoms with E-state index >= 15 is 0 Å². The second kappa shape index (κ2) is 6.36. The fourth-order valence-corrected chi connectivity index (χ4v) is 2.94. The molecule has 1 aromatic carbocycles. The number of pyridine rings is 2. The van der Waals surface area contributed by atoms with Crippen LogP contribution in [0.25, 0.3) is 22.2 Å². The molecule has 0 aliphatic rings. The van der Waals surface area contributed by atoms with Crippen LogP contribution in [0.1, 0.15) is 11.3 Å². The van der Waals surface area contributed by atoms with Crippen molar-refractivity contribution >= 4 is 16.6 Å². The first-order chi connectivity index (χ1) is 12.2. The third-order valence-corrected chi connectivity index (χ3v) is 4.21. The largest absolute Gasteiger partial charge is 0.366 e. The molecule has 0 aliphatic carbocycles. The average molecular weight is 330 g/mol. The minimum atomic E-state index is 0.630. The topological polar surface area (TPSA) is 55.1 Å². The van der Waals surface area contributed by atoms with Crippen LogP contribution in [0.4, 0.5) is 5.69 Å². The van der Waals surface area contributed by atoms with Gasteiger partial charge in [0.1, 0.15) is 5.69 Å². The van der Waals surface area contributed by atoms with Crippen LogP contribution in [-0.4, -0.2) is 22.2 Å². The van der Waals surface area contributed by atoms with Crippen LogP contribution < -0.4 is 4.90 Å². The second-order valence-electron chi connectivity index (χ2n) is 6.12. The summed E-state index contributed by atoms with van der Waals surface area (Å²) < 4.78 is 5.52. The molecular formula is C20H18N4O. The molecule has 0 saturated carbocycles. The summed E-state index contributed by atoms with van der Waals surface area (Å²) in [7, 11) is 2.05. The van der Waals surface area contributed by atoms with Crippen molar-refractivity contribution in [3.8, 4) is 11.3 Å². The lowest BCUT2D eigenvalue weighted by Gasteiger charge is -2.19. The van der Waals surface area contributed by atoms with Crippen molar-refractivity contribution < 1.29 is 4.52 Å². The molecule has 0 N–H and O–H groups in total. The van der Waals surface area contributed by atoms with E-state index in [9.17, 15) is 0 Å². The Balaban J connectivity index is 1.62. The van der Waals surface area contributed by atoms with E-state index < -0.39 is 0 Å². The fourth-order valence-electron chi connectivity index (χ4n) is 2.94. The number of nitrogens with zero attached hydrogens (tertiary/aromatic N) is 4. The normalized spacial score (nSPS) is 11.0. The van der Waals surface area contributed by atoms with Crippen molar-refractivity contribution in [1.82, 2.24) is 15.1 Å². The lowest BCUT2D eigenvalue weighted by atomic mass is 10.1. The first-order valence-corrected chi connectivity index (χ1v) is 8.13. The Morgan fingerprint density at radius 3 is 2.68 bits per heavy atom. The van der Waals surface area contributed by atoms with Crippen LogP contribution in [0, 0.1) is 6.92 Å². The Labute approximate surface area is 145 Å². The second-order valence-corrected chi connectivity index (χ2v) is 6.12. The zero-order valence-corrected chi connectivity index (χ0v) is 14.2. The van der Waals surface area contributed by atoms with Gasteiger partial charge in [-0.05, 0) is 37.3 Å². The highest BCUT2D eigenvalue weighted by atomic mass is 16.5. The maximum Gasteiger partial charge on any atom is 0.156 e. The van der Waals surface area contributed by atoms with Crippen molar-refractivity contribution in [3.05, 3.63) is 72.4 Å². The number of benzene rings is 1. The minimum Gasteiger partial charge on any atom is -0.366 e. The Bertz CT molecular complexity index is 1010. The van der Waals surface area contributed by atoms with E-state index in [2.05, 4.69) is 45.1 Å². The third-order valence-electron chi connectivity index (χ3n) is 4.21. The molecule has 0 atom stereocenters. The quantitative estimate of drug-likeness (QED) is 0.560. The molecule has 4 aromatic rings. The molecule has 0 amide bonds. The van der Waals surface area contributed by atoms with Crippen LogP contribution in [0.5, 0.6) is 0 Å². The minimum absolute atomic E-state index is 0.630. The van der Waals surface area contributed by atoms with Crippen LogP contribution in [0.15, 0.2) is 65.6 Å². The molecule has 5 nitrogen and oxygen atoms in total.